The maximum atomic E-state index is 11.6. The number of ketones is 1. The number of hydrogen-bond donors (Lipinski definition) is 0. The first-order valence-corrected chi connectivity index (χ1v) is 6.79. The Hall–Kier alpha value is -1.42. The largest absolute Gasteiger partial charge is 0.466 e. The highest BCUT2D eigenvalue weighted by Crippen LogP contribution is 2.56. The van der Waals surface area contributed by atoms with Gasteiger partial charge in [-0.25, -0.2) is 4.79 Å². The monoisotopic (exact) mass is 262 g/mol. The Balaban J connectivity index is 1.91. The summed E-state index contributed by atoms with van der Waals surface area (Å²) in [7, 11) is 1.37. The number of allylic oxidation sites excluding steroid dienone is 1. The summed E-state index contributed by atoms with van der Waals surface area (Å²) in [5.74, 6) is -0.0256. The zero-order chi connectivity index (χ0) is 13.5. The molecule has 4 heteroatoms. The van der Waals surface area contributed by atoms with E-state index < -0.39 is 0 Å². The third-order valence-corrected chi connectivity index (χ3v) is 4.67. The number of esters is 1. The van der Waals surface area contributed by atoms with Gasteiger partial charge >= 0.3 is 5.97 Å². The van der Waals surface area contributed by atoms with Crippen molar-refractivity contribution in [2.75, 3.05) is 7.11 Å². The first-order valence-electron chi connectivity index (χ1n) is 6.79. The molecule has 0 radical (unpaired) electrons. The number of methoxy groups -OCH3 is 1. The van der Waals surface area contributed by atoms with Crippen LogP contribution < -0.4 is 0 Å². The Morgan fingerprint density at radius 3 is 3.21 bits per heavy atom. The molecule has 0 N–H and O–H groups in total. The lowest BCUT2D eigenvalue weighted by Gasteiger charge is -2.39. The zero-order valence-corrected chi connectivity index (χ0v) is 11.0. The van der Waals surface area contributed by atoms with Crippen molar-refractivity contribution in [1.82, 2.24) is 0 Å². The van der Waals surface area contributed by atoms with Crippen LogP contribution in [-0.2, 0) is 19.1 Å². The molecule has 19 heavy (non-hydrogen) atoms. The maximum Gasteiger partial charge on any atom is 0.330 e. The molecule has 2 unspecified atom stereocenters. The van der Waals surface area contributed by atoms with Crippen LogP contribution in [0.1, 0.15) is 25.7 Å². The smallest absolute Gasteiger partial charge is 0.330 e. The van der Waals surface area contributed by atoms with E-state index in [-0.39, 0.29) is 35.3 Å². The van der Waals surface area contributed by atoms with E-state index in [0.717, 1.165) is 19.3 Å². The summed E-state index contributed by atoms with van der Waals surface area (Å²) >= 11 is 0. The van der Waals surface area contributed by atoms with Crippen molar-refractivity contribution in [2.24, 2.45) is 11.3 Å². The van der Waals surface area contributed by atoms with Gasteiger partial charge in [0.1, 0.15) is 0 Å². The molecule has 4 nitrogen and oxygen atoms in total. The van der Waals surface area contributed by atoms with E-state index in [1.807, 2.05) is 12.2 Å². The lowest BCUT2D eigenvalue weighted by Crippen LogP contribution is -2.40. The fraction of sp³-hybridized carbons (Fsp3) is 0.600. The van der Waals surface area contributed by atoms with Crippen LogP contribution in [0.25, 0.3) is 0 Å². The summed E-state index contributed by atoms with van der Waals surface area (Å²) in [5, 5.41) is 0. The molecule has 0 aromatic heterocycles. The van der Waals surface area contributed by atoms with Gasteiger partial charge in [-0.3, -0.25) is 4.79 Å². The van der Waals surface area contributed by atoms with Crippen LogP contribution in [0, 0.1) is 11.3 Å². The zero-order valence-electron chi connectivity index (χ0n) is 11.0. The molecule has 2 fully saturated rings. The molecule has 3 rings (SSSR count). The van der Waals surface area contributed by atoms with E-state index in [0.29, 0.717) is 6.42 Å². The van der Waals surface area contributed by atoms with Crippen molar-refractivity contribution in [3.63, 3.8) is 0 Å². The molecular formula is C15H18O4. The average molecular weight is 262 g/mol. The summed E-state index contributed by atoms with van der Waals surface area (Å²) in [4.78, 5) is 22.8. The first-order chi connectivity index (χ1) is 9.15. The van der Waals surface area contributed by atoms with Crippen molar-refractivity contribution in [3.8, 4) is 0 Å². The van der Waals surface area contributed by atoms with Crippen molar-refractivity contribution in [3.05, 3.63) is 24.3 Å². The molecule has 102 valence electrons. The minimum Gasteiger partial charge on any atom is -0.466 e. The lowest BCUT2D eigenvalue weighted by atomic mass is 9.62. The normalized spacial score (nSPS) is 40.5. The van der Waals surface area contributed by atoms with E-state index in [4.69, 9.17) is 4.74 Å². The minimum absolute atomic E-state index is 0.0233. The second-order valence-corrected chi connectivity index (χ2v) is 5.58. The third kappa shape index (κ3) is 1.94. The second-order valence-electron chi connectivity index (χ2n) is 5.58. The van der Waals surface area contributed by atoms with Crippen molar-refractivity contribution in [2.45, 2.75) is 37.9 Å². The highest BCUT2D eigenvalue weighted by Gasteiger charge is 2.56. The van der Waals surface area contributed by atoms with Crippen LogP contribution in [0.2, 0.25) is 0 Å². The Morgan fingerprint density at radius 2 is 2.42 bits per heavy atom. The molecule has 0 amide bonds. The second kappa shape index (κ2) is 4.60. The SMILES string of the molecule is COC(=O)/C=C/[C@@H]1[C@@H]2CCCC13C=CC(=O)CC3O2. The summed E-state index contributed by atoms with van der Waals surface area (Å²) in [5.41, 5.74) is -0.0959. The molecule has 1 heterocycles. The fourth-order valence-electron chi connectivity index (χ4n) is 3.76. The summed E-state index contributed by atoms with van der Waals surface area (Å²) < 4.78 is 10.7. The topological polar surface area (TPSA) is 52.6 Å². The molecular weight excluding hydrogens is 244 g/mol. The van der Waals surface area contributed by atoms with Gasteiger partial charge in [0, 0.05) is 23.8 Å². The molecule has 1 aliphatic heterocycles. The average Bonchev–Trinajstić information content (AvgIpc) is 2.57. The fourth-order valence-corrected chi connectivity index (χ4v) is 3.76. The van der Waals surface area contributed by atoms with Crippen molar-refractivity contribution < 1.29 is 19.1 Å². The van der Waals surface area contributed by atoms with E-state index in [1.54, 1.807) is 6.08 Å². The number of fused-ring (bicyclic) bond motifs is 1. The van der Waals surface area contributed by atoms with E-state index in [2.05, 4.69) is 4.74 Å². The number of ether oxygens (including phenoxy) is 2. The van der Waals surface area contributed by atoms with Gasteiger partial charge in [0.15, 0.2) is 5.78 Å². The Morgan fingerprint density at radius 1 is 1.58 bits per heavy atom. The van der Waals surface area contributed by atoms with Gasteiger partial charge in [-0.2, -0.15) is 0 Å². The number of rotatable bonds is 2. The van der Waals surface area contributed by atoms with Crippen LogP contribution in [0.3, 0.4) is 0 Å². The molecule has 1 saturated heterocycles. The van der Waals surface area contributed by atoms with Gasteiger partial charge in [-0.1, -0.05) is 12.2 Å². The summed E-state index contributed by atoms with van der Waals surface area (Å²) in [6.07, 6.45) is 10.8. The van der Waals surface area contributed by atoms with Crippen LogP contribution in [0.4, 0.5) is 0 Å². The van der Waals surface area contributed by atoms with Crippen LogP contribution in [0.15, 0.2) is 24.3 Å². The van der Waals surface area contributed by atoms with E-state index in [9.17, 15) is 9.59 Å². The quantitative estimate of drug-likeness (QED) is 0.562. The van der Waals surface area contributed by atoms with Crippen LogP contribution in [-0.4, -0.2) is 31.1 Å². The van der Waals surface area contributed by atoms with Crippen LogP contribution >= 0.6 is 0 Å². The number of hydrogen-bond acceptors (Lipinski definition) is 4. The third-order valence-electron chi connectivity index (χ3n) is 4.67. The minimum atomic E-state index is -0.339. The highest BCUT2D eigenvalue weighted by molar-refractivity contribution is 5.91. The molecule has 1 spiro atoms. The molecule has 3 aliphatic rings. The standard InChI is InChI=1S/C15H18O4/c1-18-14(17)5-4-11-12-3-2-7-15(11)8-6-10(16)9-13(15)19-12/h4-6,8,11-13H,2-3,7,9H2,1H3/b5-4+/t11-,12+,13?,15?/m1/s1. The lowest BCUT2D eigenvalue weighted by molar-refractivity contribution is -0.134. The first kappa shape index (κ1) is 12.6. The van der Waals surface area contributed by atoms with Crippen LogP contribution in [0.5, 0.6) is 0 Å². The number of carbonyl (C=O) groups excluding carboxylic acids is 2. The maximum absolute atomic E-state index is 11.6. The van der Waals surface area contributed by atoms with Gasteiger partial charge in [0.25, 0.3) is 0 Å². The van der Waals surface area contributed by atoms with Gasteiger partial charge in [-0.05, 0) is 25.3 Å². The highest BCUT2D eigenvalue weighted by atomic mass is 16.5. The van der Waals surface area contributed by atoms with Crippen molar-refractivity contribution in [1.29, 1.82) is 0 Å². The molecule has 2 aliphatic carbocycles. The summed E-state index contributed by atoms with van der Waals surface area (Å²) in [6.45, 7) is 0. The van der Waals surface area contributed by atoms with Gasteiger partial charge in [-0.15, -0.1) is 0 Å². The molecule has 2 bridgehead atoms. The predicted octanol–water partition coefficient (Wildman–Crippen LogP) is 1.80. The Kier molecular flexibility index (Phi) is 3.05. The van der Waals surface area contributed by atoms with Gasteiger partial charge in [0.2, 0.25) is 0 Å². The summed E-state index contributed by atoms with van der Waals surface area (Å²) in [6, 6.07) is 0. The Bertz CT molecular complexity index is 465. The molecule has 1 saturated carbocycles. The van der Waals surface area contributed by atoms with E-state index in [1.165, 1.54) is 13.2 Å². The van der Waals surface area contributed by atoms with Gasteiger partial charge < -0.3 is 9.47 Å². The molecule has 0 aromatic carbocycles. The number of carbonyl (C=O) groups is 2. The molecule has 4 atom stereocenters. The molecule has 0 aromatic rings. The van der Waals surface area contributed by atoms with Crippen molar-refractivity contribution >= 4 is 11.8 Å². The predicted molar refractivity (Wildman–Crippen MR) is 68.4 cm³/mol. The Labute approximate surface area is 112 Å². The van der Waals surface area contributed by atoms with Gasteiger partial charge in [0.05, 0.1) is 19.3 Å². The van der Waals surface area contributed by atoms with E-state index >= 15 is 0 Å².